The maximum Gasteiger partial charge on any atom is 0.118 e. The normalized spacial score (nSPS) is 11.6. The summed E-state index contributed by atoms with van der Waals surface area (Å²) in [6.07, 6.45) is 5.58. The van der Waals surface area contributed by atoms with Gasteiger partial charge in [0.15, 0.2) is 0 Å². The third-order valence-corrected chi connectivity index (χ3v) is 5.15. The van der Waals surface area contributed by atoms with Crippen LogP contribution in [0.25, 0.3) is 27.3 Å². The Hall–Kier alpha value is -3.51. The van der Waals surface area contributed by atoms with Crippen molar-refractivity contribution >= 4 is 28.6 Å². The first-order chi connectivity index (χ1) is 13.4. The van der Waals surface area contributed by atoms with Crippen LogP contribution in [0.1, 0.15) is 5.56 Å². The summed E-state index contributed by atoms with van der Waals surface area (Å²) in [5.74, 6) is 0. The van der Waals surface area contributed by atoms with Gasteiger partial charge in [-0.15, -0.1) is 11.3 Å². The molecule has 0 unspecified atom stereocenters. The molecule has 5 rings (SSSR count). The summed E-state index contributed by atoms with van der Waals surface area (Å²) >= 11 is 1.67. The molecule has 6 heteroatoms. The molecule has 0 bridgehead atoms. The lowest BCUT2D eigenvalue weighted by Gasteiger charge is -1.98. The Balaban J connectivity index is 1.59. The van der Waals surface area contributed by atoms with Gasteiger partial charge < -0.3 is 0 Å². The fourth-order valence-corrected chi connectivity index (χ4v) is 3.69. The lowest BCUT2D eigenvalue weighted by atomic mass is 10.2. The molecule has 0 atom stereocenters. The van der Waals surface area contributed by atoms with E-state index in [2.05, 4.69) is 21.5 Å². The maximum absolute atomic E-state index is 4.80. The Morgan fingerprint density at radius 2 is 1.78 bits per heavy atom. The van der Waals surface area contributed by atoms with Crippen LogP contribution in [0.3, 0.4) is 0 Å². The zero-order valence-corrected chi connectivity index (χ0v) is 15.1. The van der Waals surface area contributed by atoms with Gasteiger partial charge in [0.05, 0.1) is 27.8 Å². The Morgan fingerprint density at radius 3 is 2.63 bits per heavy atom. The molecule has 130 valence electrons. The number of fused-ring (bicyclic) bond motifs is 1. The van der Waals surface area contributed by atoms with E-state index in [1.165, 1.54) is 0 Å². The number of aromatic nitrogens is 4. The number of hydrogen-bond acceptors (Lipinski definition) is 4. The Kier molecular flexibility index (Phi) is 3.88. The number of imidazole rings is 1. The molecular formula is C21H15N5S. The van der Waals surface area contributed by atoms with Gasteiger partial charge in [0.1, 0.15) is 12.0 Å². The van der Waals surface area contributed by atoms with Gasteiger partial charge >= 0.3 is 0 Å². The average Bonchev–Trinajstić information content (AvgIpc) is 3.46. The lowest BCUT2D eigenvalue weighted by molar-refractivity contribution is 0.885. The topological polar surface area (TPSA) is 48.0 Å². The van der Waals surface area contributed by atoms with Gasteiger partial charge in [0.2, 0.25) is 0 Å². The summed E-state index contributed by atoms with van der Waals surface area (Å²) in [5, 5.41) is 11.5. The van der Waals surface area contributed by atoms with Crippen LogP contribution in [0.15, 0.2) is 89.7 Å². The minimum absolute atomic E-state index is 0.919. The Morgan fingerprint density at radius 1 is 0.926 bits per heavy atom. The van der Waals surface area contributed by atoms with Gasteiger partial charge in [-0.2, -0.15) is 10.2 Å². The molecule has 27 heavy (non-hydrogen) atoms. The van der Waals surface area contributed by atoms with Gasteiger partial charge in [-0.3, -0.25) is 0 Å². The smallest absolute Gasteiger partial charge is 0.118 e. The van der Waals surface area contributed by atoms with E-state index in [4.69, 9.17) is 5.10 Å². The number of para-hydroxylation sites is 3. The monoisotopic (exact) mass is 369 g/mol. The van der Waals surface area contributed by atoms with E-state index < -0.39 is 0 Å². The third kappa shape index (κ3) is 2.96. The second kappa shape index (κ2) is 6.66. The first kappa shape index (κ1) is 15.7. The van der Waals surface area contributed by atoms with Crippen molar-refractivity contribution in [2.24, 2.45) is 5.10 Å². The Bertz CT molecular complexity index is 1220. The molecule has 5 aromatic rings. The number of benzene rings is 2. The lowest BCUT2D eigenvalue weighted by Crippen LogP contribution is -1.93. The molecule has 0 saturated carbocycles. The molecular weight excluding hydrogens is 354 g/mol. The van der Waals surface area contributed by atoms with Crippen LogP contribution in [0.5, 0.6) is 0 Å². The standard InChI is InChI=1S/C21H15N5S/c1-2-7-17(8-3-1)25-14-16(21(24-25)20-11-6-12-27-20)13-23-26-15-22-18-9-4-5-10-19(18)26/h1-15H/b23-13-. The molecule has 0 aliphatic carbocycles. The number of nitrogens with zero attached hydrogens (tertiary/aromatic N) is 5. The van der Waals surface area contributed by atoms with Crippen molar-refractivity contribution < 1.29 is 0 Å². The fraction of sp³-hybridized carbons (Fsp3) is 0. The van der Waals surface area contributed by atoms with Crippen molar-refractivity contribution in [3.8, 4) is 16.3 Å². The van der Waals surface area contributed by atoms with Crippen molar-refractivity contribution in [1.29, 1.82) is 0 Å². The van der Waals surface area contributed by atoms with E-state index in [0.717, 1.165) is 32.9 Å². The first-order valence-corrected chi connectivity index (χ1v) is 9.42. The van der Waals surface area contributed by atoms with Crippen LogP contribution in [0, 0.1) is 0 Å². The summed E-state index contributed by atoms with van der Waals surface area (Å²) in [4.78, 5) is 5.50. The molecule has 0 amide bonds. The molecule has 0 aliphatic rings. The zero-order chi connectivity index (χ0) is 18.1. The van der Waals surface area contributed by atoms with Crippen LogP contribution in [0.2, 0.25) is 0 Å². The van der Waals surface area contributed by atoms with E-state index >= 15 is 0 Å². The van der Waals surface area contributed by atoms with Gasteiger partial charge in [-0.05, 0) is 35.7 Å². The quantitative estimate of drug-likeness (QED) is 0.426. The first-order valence-electron chi connectivity index (χ1n) is 8.54. The predicted octanol–water partition coefficient (Wildman–Crippen LogP) is 4.83. The maximum atomic E-state index is 4.80. The minimum atomic E-state index is 0.919. The summed E-state index contributed by atoms with van der Waals surface area (Å²) in [6.45, 7) is 0. The van der Waals surface area contributed by atoms with Crippen molar-refractivity contribution in [1.82, 2.24) is 19.4 Å². The molecule has 3 heterocycles. The summed E-state index contributed by atoms with van der Waals surface area (Å²) in [5.41, 5.74) is 4.79. The molecule has 0 N–H and O–H groups in total. The highest BCUT2D eigenvalue weighted by molar-refractivity contribution is 7.13. The van der Waals surface area contributed by atoms with Crippen LogP contribution < -0.4 is 0 Å². The largest absolute Gasteiger partial charge is 0.240 e. The SMILES string of the molecule is C(=N/n1cnc2ccccc21)/c1cn(-c2ccccc2)nc1-c1cccs1. The highest BCUT2D eigenvalue weighted by Crippen LogP contribution is 2.27. The highest BCUT2D eigenvalue weighted by atomic mass is 32.1. The molecule has 5 nitrogen and oxygen atoms in total. The highest BCUT2D eigenvalue weighted by Gasteiger charge is 2.12. The van der Waals surface area contributed by atoms with Gasteiger partial charge in [-0.1, -0.05) is 36.4 Å². The molecule has 3 aromatic heterocycles. The van der Waals surface area contributed by atoms with E-state index in [1.54, 1.807) is 22.3 Å². The van der Waals surface area contributed by atoms with E-state index in [1.807, 2.05) is 77.8 Å². The number of rotatable bonds is 4. The van der Waals surface area contributed by atoms with Crippen molar-refractivity contribution in [3.63, 3.8) is 0 Å². The summed E-state index contributed by atoms with van der Waals surface area (Å²) in [7, 11) is 0. The van der Waals surface area contributed by atoms with Crippen molar-refractivity contribution in [2.75, 3.05) is 0 Å². The molecule has 0 spiro atoms. The van der Waals surface area contributed by atoms with Crippen LogP contribution >= 0.6 is 11.3 Å². The molecule has 2 aromatic carbocycles. The van der Waals surface area contributed by atoms with Gasteiger partial charge in [0, 0.05) is 11.8 Å². The number of thiophene rings is 1. The van der Waals surface area contributed by atoms with Crippen LogP contribution in [-0.2, 0) is 0 Å². The molecule has 0 fully saturated rings. The second-order valence-corrected chi connectivity index (χ2v) is 6.96. The second-order valence-electron chi connectivity index (χ2n) is 6.01. The van der Waals surface area contributed by atoms with Crippen LogP contribution in [-0.4, -0.2) is 25.7 Å². The van der Waals surface area contributed by atoms with Gasteiger partial charge in [-0.25, -0.2) is 14.3 Å². The molecule has 0 saturated heterocycles. The van der Waals surface area contributed by atoms with Crippen LogP contribution in [0.4, 0.5) is 0 Å². The number of hydrogen-bond donors (Lipinski definition) is 0. The minimum Gasteiger partial charge on any atom is -0.240 e. The third-order valence-electron chi connectivity index (χ3n) is 4.27. The fourth-order valence-electron chi connectivity index (χ4n) is 2.96. The van der Waals surface area contributed by atoms with E-state index in [9.17, 15) is 0 Å². The predicted molar refractivity (Wildman–Crippen MR) is 110 cm³/mol. The van der Waals surface area contributed by atoms with E-state index in [0.29, 0.717) is 0 Å². The van der Waals surface area contributed by atoms with E-state index in [-0.39, 0.29) is 0 Å². The van der Waals surface area contributed by atoms with Crippen molar-refractivity contribution in [3.05, 3.63) is 90.2 Å². The average molecular weight is 369 g/mol. The Labute approximate surface area is 159 Å². The summed E-state index contributed by atoms with van der Waals surface area (Å²) < 4.78 is 3.68. The summed E-state index contributed by atoms with van der Waals surface area (Å²) in [6, 6.07) is 22.1. The van der Waals surface area contributed by atoms with Crippen molar-refractivity contribution in [2.45, 2.75) is 0 Å². The molecule has 0 radical (unpaired) electrons. The molecule has 0 aliphatic heterocycles. The zero-order valence-electron chi connectivity index (χ0n) is 14.3. The van der Waals surface area contributed by atoms with Gasteiger partial charge in [0.25, 0.3) is 0 Å².